The molecule has 2 N–H and O–H groups in total. The summed E-state index contributed by atoms with van der Waals surface area (Å²) in [5, 5.41) is 6.75. The van der Waals surface area contributed by atoms with Gasteiger partial charge in [0.05, 0.1) is 23.8 Å². The van der Waals surface area contributed by atoms with Crippen LogP contribution in [0.4, 0.5) is 0 Å². The summed E-state index contributed by atoms with van der Waals surface area (Å²) >= 11 is 1.22. The van der Waals surface area contributed by atoms with Crippen LogP contribution >= 0.6 is 11.8 Å². The van der Waals surface area contributed by atoms with Gasteiger partial charge < -0.3 is 24.8 Å². The average Bonchev–Trinajstić information content (AvgIpc) is 3.50. The molecule has 3 aromatic carbocycles. The molecular formula is C32H34N4O6S. The van der Waals surface area contributed by atoms with Crippen LogP contribution in [-0.4, -0.2) is 41.0 Å². The number of thioether (sulfide) groups is 1. The summed E-state index contributed by atoms with van der Waals surface area (Å²) in [4.78, 5) is 43.3. The number of unbranched alkanes of at least 4 members (excludes halogenated alkanes) is 2. The largest absolute Gasteiger partial charge is 0.497 e. The molecule has 0 fully saturated rings. The molecule has 2 amide bonds. The summed E-state index contributed by atoms with van der Waals surface area (Å²) < 4.78 is 17.7. The van der Waals surface area contributed by atoms with Gasteiger partial charge >= 0.3 is 0 Å². The molecule has 43 heavy (non-hydrogen) atoms. The minimum atomic E-state index is -0.201. The molecule has 0 atom stereocenters. The fraction of sp³-hybridized carbons (Fsp3) is 0.312. The molecule has 0 bridgehead atoms. The molecule has 0 saturated carbocycles. The third kappa shape index (κ3) is 8.07. The van der Waals surface area contributed by atoms with Crippen LogP contribution in [0.25, 0.3) is 10.9 Å². The Balaban J connectivity index is 1.18. The maximum atomic E-state index is 13.6. The van der Waals surface area contributed by atoms with Crippen molar-refractivity contribution in [2.24, 2.45) is 0 Å². The van der Waals surface area contributed by atoms with Gasteiger partial charge in [-0.05, 0) is 42.2 Å². The minimum Gasteiger partial charge on any atom is -0.497 e. The molecule has 11 heteroatoms. The van der Waals surface area contributed by atoms with E-state index < -0.39 is 0 Å². The predicted molar refractivity (Wildman–Crippen MR) is 164 cm³/mol. The van der Waals surface area contributed by atoms with Crippen molar-refractivity contribution in [3.05, 3.63) is 88.2 Å². The zero-order valence-corrected chi connectivity index (χ0v) is 24.8. The monoisotopic (exact) mass is 602 g/mol. The van der Waals surface area contributed by atoms with Gasteiger partial charge in [-0.3, -0.25) is 19.0 Å². The highest BCUT2D eigenvalue weighted by Gasteiger charge is 2.19. The number of carbonyl (C=O) groups excluding carboxylic acids is 2. The standard InChI is InChI=1S/C32H34N4O6S/c1-40-24-13-11-23(12-14-24)19-33-29(37)10-6-3-7-15-36-31(39)25-16-27-28(42-21-41-27)17-26(25)35-32(36)43-20-30(38)34-18-22-8-4-2-5-9-22/h2,4-5,8-9,11-14,16-17H,3,6-7,10,15,18-21H2,1H3,(H,33,37)(H,34,38). The molecule has 1 aliphatic heterocycles. The topological polar surface area (TPSA) is 121 Å². The summed E-state index contributed by atoms with van der Waals surface area (Å²) in [7, 11) is 1.62. The second-order valence-corrected chi connectivity index (χ2v) is 11.0. The Labute approximate surface area is 253 Å². The quantitative estimate of drug-likeness (QED) is 0.124. The van der Waals surface area contributed by atoms with E-state index in [1.165, 1.54) is 11.8 Å². The van der Waals surface area contributed by atoms with Crippen molar-refractivity contribution in [2.45, 2.75) is 50.5 Å². The van der Waals surface area contributed by atoms with E-state index in [9.17, 15) is 14.4 Å². The fourth-order valence-electron chi connectivity index (χ4n) is 4.64. The van der Waals surface area contributed by atoms with Crippen molar-refractivity contribution in [2.75, 3.05) is 19.7 Å². The van der Waals surface area contributed by atoms with Gasteiger partial charge in [0.25, 0.3) is 5.56 Å². The van der Waals surface area contributed by atoms with Crippen LogP contribution in [0, 0.1) is 0 Å². The highest BCUT2D eigenvalue weighted by molar-refractivity contribution is 7.99. The third-order valence-electron chi connectivity index (χ3n) is 7.01. The Morgan fingerprint density at radius 3 is 2.35 bits per heavy atom. The normalized spacial score (nSPS) is 11.8. The Morgan fingerprint density at radius 2 is 1.60 bits per heavy atom. The van der Waals surface area contributed by atoms with Gasteiger partial charge in [0, 0.05) is 32.1 Å². The number of methoxy groups -OCH3 is 1. The van der Waals surface area contributed by atoms with Crippen LogP contribution in [-0.2, 0) is 29.2 Å². The molecule has 4 aromatic rings. The maximum absolute atomic E-state index is 13.6. The van der Waals surface area contributed by atoms with Crippen LogP contribution in [0.5, 0.6) is 17.2 Å². The number of benzene rings is 3. The number of hydrogen-bond donors (Lipinski definition) is 2. The summed E-state index contributed by atoms with van der Waals surface area (Å²) in [6.45, 7) is 1.39. The van der Waals surface area contributed by atoms with Crippen LogP contribution in [0.2, 0.25) is 0 Å². The van der Waals surface area contributed by atoms with E-state index in [2.05, 4.69) is 10.6 Å². The Kier molecular flexibility index (Phi) is 10.2. The minimum absolute atomic E-state index is 0.0193. The summed E-state index contributed by atoms with van der Waals surface area (Å²) in [6.07, 6.45) is 2.52. The van der Waals surface area contributed by atoms with E-state index >= 15 is 0 Å². The van der Waals surface area contributed by atoms with E-state index in [1.54, 1.807) is 23.8 Å². The highest BCUT2D eigenvalue weighted by atomic mass is 32.2. The Bertz CT molecular complexity index is 1630. The van der Waals surface area contributed by atoms with Gasteiger partial charge in [0.2, 0.25) is 18.6 Å². The molecule has 0 radical (unpaired) electrons. The second-order valence-electron chi connectivity index (χ2n) is 10.1. The molecule has 0 saturated heterocycles. The molecule has 0 aliphatic carbocycles. The van der Waals surface area contributed by atoms with Crippen molar-refractivity contribution >= 4 is 34.5 Å². The molecular weight excluding hydrogens is 568 g/mol. The fourth-order valence-corrected chi connectivity index (χ4v) is 5.50. The first-order chi connectivity index (χ1) is 21.0. The van der Waals surface area contributed by atoms with Crippen molar-refractivity contribution in [3.63, 3.8) is 0 Å². The molecule has 1 aromatic heterocycles. The highest BCUT2D eigenvalue weighted by Crippen LogP contribution is 2.35. The Hall–Kier alpha value is -4.51. The molecule has 0 spiro atoms. The van der Waals surface area contributed by atoms with Crippen LogP contribution in [0.15, 0.2) is 76.7 Å². The molecule has 224 valence electrons. The van der Waals surface area contributed by atoms with E-state index in [1.807, 2.05) is 54.6 Å². The predicted octanol–water partition coefficient (Wildman–Crippen LogP) is 4.42. The van der Waals surface area contributed by atoms with Gasteiger partial charge in [-0.1, -0.05) is 60.6 Å². The lowest BCUT2D eigenvalue weighted by atomic mass is 10.1. The number of hydrogen-bond acceptors (Lipinski definition) is 8. The van der Waals surface area contributed by atoms with Gasteiger partial charge in [0.15, 0.2) is 16.7 Å². The molecule has 0 unspecified atom stereocenters. The molecule has 5 rings (SSSR count). The Morgan fingerprint density at radius 1 is 0.907 bits per heavy atom. The van der Waals surface area contributed by atoms with Crippen LogP contribution < -0.4 is 30.4 Å². The van der Waals surface area contributed by atoms with Gasteiger partial charge in [-0.2, -0.15) is 0 Å². The third-order valence-corrected chi connectivity index (χ3v) is 7.99. The number of ether oxygens (including phenoxy) is 3. The summed E-state index contributed by atoms with van der Waals surface area (Å²) in [5.74, 6) is 1.77. The first-order valence-electron chi connectivity index (χ1n) is 14.2. The average molecular weight is 603 g/mol. The van der Waals surface area contributed by atoms with E-state index in [-0.39, 0.29) is 29.9 Å². The number of aromatic nitrogens is 2. The lowest BCUT2D eigenvalue weighted by Crippen LogP contribution is -2.27. The van der Waals surface area contributed by atoms with Crippen LogP contribution in [0.3, 0.4) is 0 Å². The van der Waals surface area contributed by atoms with Crippen molar-refractivity contribution < 1.29 is 23.8 Å². The number of amides is 2. The smallest absolute Gasteiger partial charge is 0.262 e. The van der Waals surface area contributed by atoms with Gasteiger partial charge in [-0.25, -0.2) is 4.98 Å². The number of fused-ring (bicyclic) bond motifs is 2. The number of nitrogens with one attached hydrogen (secondary N) is 2. The number of carbonyl (C=O) groups is 2. The first-order valence-corrected chi connectivity index (χ1v) is 15.2. The van der Waals surface area contributed by atoms with Crippen molar-refractivity contribution in [1.82, 2.24) is 20.2 Å². The van der Waals surface area contributed by atoms with Gasteiger partial charge in [0.1, 0.15) is 5.75 Å². The maximum Gasteiger partial charge on any atom is 0.262 e. The van der Waals surface area contributed by atoms with E-state index in [0.717, 1.165) is 23.3 Å². The lowest BCUT2D eigenvalue weighted by Gasteiger charge is -2.14. The zero-order valence-electron chi connectivity index (χ0n) is 24.0. The van der Waals surface area contributed by atoms with E-state index in [4.69, 9.17) is 19.2 Å². The molecule has 2 heterocycles. The van der Waals surface area contributed by atoms with Crippen molar-refractivity contribution in [3.8, 4) is 17.2 Å². The number of rotatable bonds is 14. The van der Waals surface area contributed by atoms with Crippen molar-refractivity contribution in [1.29, 1.82) is 0 Å². The lowest BCUT2D eigenvalue weighted by molar-refractivity contribution is -0.121. The summed E-state index contributed by atoms with van der Waals surface area (Å²) in [5.41, 5.74) is 2.30. The second kappa shape index (κ2) is 14.6. The SMILES string of the molecule is COc1ccc(CNC(=O)CCCCCn2c(SCC(=O)NCc3ccccc3)nc3cc4c(cc3c2=O)OCO4)cc1. The van der Waals surface area contributed by atoms with E-state index in [0.29, 0.717) is 66.5 Å². The zero-order chi connectivity index (χ0) is 30.0. The number of nitrogens with zero attached hydrogens (tertiary/aromatic N) is 2. The summed E-state index contributed by atoms with van der Waals surface area (Å²) in [6, 6.07) is 20.6. The molecule has 1 aliphatic rings. The van der Waals surface area contributed by atoms with Gasteiger partial charge in [-0.15, -0.1) is 0 Å². The first kappa shape index (κ1) is 30.0. The molecule has 10 nitrogen and oxygen atoms in total. The van der Waals surface area contributed by atoms with Crippen LogP contribution in [0.1, 0.15) is 36.8 Å².